The third kappa shape index (κ3) is 3.79. The van der Waals surface area contributed by atoms with Crippen molar-refractivity contribution in [2.45, 2.75) is 13.0 Å². The Morgan fingerprint density at radius 3 is 2.43 bits per heavy atom. The summed E-state index contributed by atoms with van der Waals surface area (Å²) < 4.78 is 0. The number of nitrogens with one attached hydrogen (secondary N) is 1. The second-order valence-corrected chi connectivity index (χ2v) is 5.71. The Balaban J connectivity index is 2.27. The van der Waals surface area contributed by atoms with Crippen molar-refractivity contribution in [3.05, 3.63) is 67.1 Å². The van der Waals surface area contributed by atoms with Gasteiger partial charge in [0.05, 0.1) is 11.0 Å². The summed E-state index contributed by atoms with van der Waals surface area (Å²) in [4.78, 5) is 10.4. The lowest BCUT2D eigenvalue weighted by molar-refractivity contribution is -0.384. The molecule has 0 amide bonds. The first-order valence-electron chi connectivity index (χ1n) is 6.04. The molecule has 0 aliphatic rings. The Hall–Kier alpha value is -1.49. The van der Waals surface area contributed by atoms with Gasteiger partial charge in [-0.2, -0.15) is 0 Å². The van der Waals surface area contributed by atoms with E-state index in [1.54, 1.807) is 24.3 Å². The zero-order chi connectivity index (χ0) is 15.6. The number of anilines is 1. The molecule has 110 valence electrons. The first kappa shape index (κ1) is 15.9. The van der Waals surface area contributed by atoms with Crippen LogP contribution in [-0.2, 0) is 0 Å². The first-order valence-corrected chi connectivity index (χ1v) is 7.17. The minimum absolute atomic E-state index is 0.0963. The Morgan fingerprint density at radius 1 is 1.10 bits per heavy atom. The minimum atomic E-state index is -0.523. The number of rotatable bonds is 4. The van der Waals surface area contributed by atoms with Crippen molar-refractivity contribution in [2.75, 3.05) is 5.32 Å². The molecule has 2 rings (SSSR count). The first-order chi connectivity index (χ1) is 9.88. The van der Waals surface area contributed by atoms with Crippen LogP contribution in [0.3, 0.4) is 0 Å². The van der Waals surface area contributed by atoms with Crippen LogP contribution in [0, 0.1) is 10.1 Å². The molecule has 4 nitrogen and oxygen atoms in total. The van der Waals surface area contributed by atoms with Crippen molar-refractivity contribution in [1.29, 1.82) is 0 Å². The van der Waals surface area contributed by atoms with Crippen LogP contribution >= 0.6 is 34.8 Å². The van der Waals surface area contributed by atoms with Gasteiger partial charge in [-0.1, -0.05) is 34.8 Å². The van der Waals surface area contributed by atoms with Crippen molar-refractivity contribution >= 4 is 46.2 Å². The molecule has 0 saturated heterocycles. The highest BCUT2D eigenvalue weighted by atomic mass is 35.5. The predicted octanol–water partition coefficient (Wildman–Crippen LogP) is 5.73. The van der Waals surface area contributed by atoms with Gasteiger partial charge >= 0.3 is 0 Å². The Kier molecular flexibility index (Phi) is 4.93. The fourth-order valence-corrected chi connectivity index (χ4v) is 2.56. The average Bonchev–Trinajstić information content (AvgIpc) is 2.43. The van der Waals surface area contributed by atoms with Gasteiger partial charge in [-0.05, 0) is 42.8 Å². The largest absolute Gasteiger partial charge is 0.378 e. The van der Waals surface area contributed by atoms with Crippen molar-refractivity contribution in [1.82, 2.24) is 0 Å². The fourth-order valence-electron chi connectivity index (χ4n) is 1.92. The molecule has 0 bridgehead atoms. The average molecular weight is 346 g/mol. The van der Waals surface area contributed by atoms with Crippen LogP contribution in [-0.4, -0.2) is 4.92 Å². The van der Waals surface area contributed by atoms with Gasteiger partial charge in [0, 0.05) is 21.8 Å². The van der Waals surface area contributed by atoms with Gasteiger partial charge in [0.2, 0.25) is 0 Å². The van der Waals surface area contributed by atoms with E-state index in [0.29, 0.717) is 15.7 Å². The lowest BCUT2D eigenvalue weighted by atomic mass is 10.1. The molecule has 1 N–H and O–H groups in total. The maximum absolute atomic E-state index is 10.9. The van der Waals surface area contributed by atoms with Crippen LogP contribution in [0.25, 0.3) is 0 Å². The third-order valence-electron chi connectivity index (χ3n) is 2.95. The predicted molar refractivity (Wildman–Crippen MR) is 86.6 cm³/mol. The minimum Gasteiger partial charge on any atom is -0.378 e. The van der Waals surface area contributed by atoms with Gasteiger partial charge in [-0.15, -0.1) is 0 Å². The molecular weight excluding hydrogens is 335 g/mol. The summed E-state index contributed by atoms with van der Waals surface area (Å²) in [5.41, 5.74) is 1.24. The molecule has 0 radical (unpaired) electrons. The third-order valence-corrected chi connectivity index (χ3v) is 3.85. The van der Waals surface area contributed by atoms with E-state index in [0.717, 1.165) is 5.56 Å². The second kappa shape index (κ2) is 6.52. The van der Waals surface area contributed by atoms with Crippen LogP contribution in [0.2, 0.25) is 15.1 Å². The van der Waals surface area contributed by atoms with Crippen LogP contribution in [0.15, 0.2) is 36.4 Å². The lowest BCUT2D eigenvalue weighted by Crippen LogP contribution is -2.07. The Morgan fingerprint density at radius 2 is 1.76 bits per heavy atom. The number of halogens is 3. The van der Waals surface area contributed by atoms with Gasteiger partial charge in [0.25, 0.3) is 5.69 Å². The summed E-state index contributed by atoms with van der Waals surface area (Å²) in [6, 6.07) is 9.54. The zero-order valence-corrected chi connectivity index (χ0v) is 13.2. The Bertz CT molecular complexity index is 692. The number of nitro benzene ring substituents is 1. The Labute approximate surface area is 136 Å². The van der Waals surface area contributed by atoms with Crippen LogP contribution in [0.4, 0.5) is 11.4 Å². The monoisotopic (exact) mass is 344 g/mol. The van der Waals surface area contributed by atoms with E-state index in [1.807, 2.05) is 6.92 Å². The van der Waals surface area contributed by atoms with E-state index in [-0.39, 0.29) is 16.8 Å². The number of nitrogens with zero attached hydrogens (tertiary/aromatic N) is 1. The van der Waals surface area contributed by atoms with Crippen LogP contribution in [0.1, 0.15) is 18.5 Å². The summed E-state index contributed by atoms with van der Waals surface area (Å²) in [6.07, 6.45) is 0. The molecule has 2 aromatic carbocycles. The number of hydrogen-bond donors (Lipinski definition) is 1. The van der Waals surface area contributed by atoms with Gasteiger partial charge in [-0.25, -0.2) is 0 Å². The number of benzene rings is 2. The van der Waals surface area contributed by atoms with Crippen molar-refractivity contribution < 1.29 is 4.92 Å². The summed E-state index contributed by atoms with van der Waals surface area (Å²) >= 11 is 17.9. The maximum Gasteiger partial charge on any atom is 0.289 e. The molecule has 0 fully saturated rings. The van der Waals surface area contributed by atoms with E-state index in [4.69, 9.17) is 34.8 Å². The molecule has 2 aromatic rings. The van der Waals surface area contributed by atoms with E-state index in [9.17, 15) is 10.1 Å². The van der Waals surface area contributed by atoms with E-state index in [1.165, 1.54) is 12.1 Å². The van der Waals surface area contributed by atoms with E-state index >= 15 is 0 Å². The van der Waals surface area contributed by atoms with Gasteiger partial charge < -0.3 is 5.32 Å². The SMILES string of the molecule is CC(Nc1ccc(Cl)c([N+](=O)[O-])c1)c1cc(Cl)ccc1Cl. The standard InChI is InChI=1S/C14H11Cl3N2O2/c1-8(11-6-9(15)2-4-12(11)16)18-10-3-5-13(17)14(7-10)19(20)21/h2-8,18H,1H3. The van der Waals surface area contributed by atoms with Crippen LogP contribution in [0.5, 0.6) is 0 Å². The molecule has 0 aliphatic heterocycles. The van der Waals surface area contributed by atoms with E-state index < -0.39 is 4.92 Å². The lowest BCUT2D eigenvalue weighted by Gasteiger charge is -2.17. The van der Waals surface area contributed by atoms with Crippen molar-refractivity contribution in [2.24, 2.45) is 0 Å². The zero-order valence-electron chi connectivity index (χ0n) is 10.9. The quantitative estimate of drug-likeness (QED) is 0.569. The molecule has 0 spiro atoms. The smallest absolute Gasteiger partial charge is 0.289 e. The molecule has 1 unspecified atom stereocenters. The van der Waals surface area contributed by atoms with Gasteiger partial charge in [0.1, 0.15) is 5.02 Å². The fraction of sp³-hybridized carbons (Fsp3) is 0.143. The highest BCUT2D eigenvalue weighted by Crippen LogP contribution is 2.31. The highest BCUT2D eigenvalue weighted by molar-refractivity contribution is 6.33. The topological polar surface area (TPSA) is 55.2 Å². The molecule has 21 heavy (non-hydrogen) atoms. The molecular formula is C14H11Cl3N2O2. The second-order valence-electron chi connectivity index (χ2n) is 4.46. The number of hydrogen-bond acceptors (Lipinski definition) is 3. The molecule has 0 heterocycles. The molecule has 0 saturated carbocycles. The summed E-state index contributed by atoms with van der Waals surface area (Å²) in [7, 11) is 0. The highest BCUT2D eigenvalue weighted by Gasteiger charge is 2.15. The molecule has 0 aliphatic carbocycles. The maximum atomic E-state index is 10.9. The van der Waals surface area contributed by atoms with Gasteiger partial charge in [0.15, 0.2) is 0 Å². The van der Waals surface area contributed by atoms with Crippen molar-refractivity contribution in [3.8, 4) is 0 Å². The molecule has 1 atom stereocenters. The van der Waals surface area contributed by atoms with Crippen molar-refractivity contribution in [3.63, 3.8) is 0 Å². The molecule has 0 aromatic heterocycles. The van der Waals surface area contributed by atoms with Crippen LogP contribution < -0.4 is 5.32 Å². The van der Waals surface area contributed by atoms with Gasteiger partial charge in [-0.3, -0.25) is 10.1 Å². The normalized spacial score (nSPS) is 12.0. The summed E-state index contributed by atoms with van der Waals surface area (Å²) in [5, 5.41) is 15.3. The summed E-state index contributed by atoms with van der Waals surface area (Å²) in [6.45, 7) is 1.89. The number of nitro groups is 1. The summed E-state index contributed by atoms with van der Waals surface area (Å²) in [5.74, 6) is 0. The van der Waals surface area contributed by atoms with E-state index in [2.05, 4.69) is 5.32 Å². The molecule has 7 heteroatoms.